The predicted octanol–water partition coefficient (Wildman–Crippen LogP) is 4.93. The van der Waals surface area contributed by atoms with E-state index in [2.05, 4.69) is 23.9 Å². The number of rotatable bonds is 6. The molecule has 0 bridgehead atoms. The first kappa shape index (κ1) is 20.1. The number of benzene rings is 2. The van der Waals surface area contributed by atoms with Gasteiger partial charge in [-0.05, 0) is 47.0 Å². The van der Waals surface area contributed by atoms with E-state index in [0.29, 0.717) is 17.7 Å². The molecule has 2 aliphatic heterocycles. The number of carbonyl (C=O) groups excluding carboxylic acids is 1. The van der Waals surface area contributed by atoms with Crippen LogP contribution in [-0.4, -0.2) is 27.0 Å². The Balaban J connectivity index is 1.47. The largest absolute Gasteiger partial charge is 0.489 e. The zero-order valence-electron chi connectivity index (χ0n) is 16.8. The number of thioether (sulfide) groups is 1. The van der Waals surface area contributed by atoms with Crippen molar-refractivity contribution in [2.24, 2.45) is 16.0 Å². The summed E-state index contributed by atoms with van der Waals surface area (Å²) in [7, 11) is 0. The van der Waals surface area contributed by atoms with Crippen molar-refractivity contribution in [3.8, 4) is 5.75 Å². The highest BCUT2D eigenvalue weighted by Crippen LogP contribution is 2.30. The number of hydrazone groups is 1. The Labute approximate surface area is 179 Å². The fourth-order valence-corrected chi connectivity index (χ4v) is 4.13. The number of carbonyl (C=O) groups is 1. The molecule has 0 unspecified atom stereocenters. The van der Waals surface area contributed by atoms with Gasteiger partial charge in [0, 0.05) is 6.42 Å². The van der Waals surface area contributed by atoms with Crippen LogP contribution < -0.4 is 4.74 Å². The van der Waals surface area contributed by atoms with E-state index in [1.807, 2.05) is 54.6 Å². The maximum Gasteiger partial charge on any atom is 0.283 e. The molecule has 2 aromatic rings. The molecular weight excluding hydrogens is 396 g/mol. The number of ether oxygens (including phenoxy) is 1. The van der Waals surface area contributed by atoms with E-state index in [1.165, 1.54) is 16.8 Å². The van der Waals surface area contributed by atoms with Crippen molar-refractivity contribution in [1.82, 2.24) is 5.01 Å². The van der Waals surface area contributed by atoms with Gasteiger partial charge in [-0.3, -0.25) is 10.2 Å². The molecule has 0 saturated carbocycles. The smallest absolute Gasteiger partial charge is 0.283 e. The molecule has 0 fully saturated rings. The lowest BCUT2D eigenvalue weighted by atomic mass is 10.1. The lowest BCUT2D eigenvalue weighted by molar-refractivity contribution is -0.114. The van der Waals surface area contributed by atoms with Gasteiger partial charge >= 0.3 is 0 Å². The van der Waals surface area contributed by atoms with E-state index in [1.54, 1.807) is 6.08 Å². The van der Waals surface area contributed by atoms with E-state index in [9.17, 15) is 4.79 Å². The minimum Gasteiger partial charge on any atom is -0.489 e. The third kappa shape index (κ3) is 4.52. The average Bonchev–Trinajstić information content (AvgIpc) is 3.13. The lowest BCUT2D eigenvalue weighted by Gasteiger charge is -2.20. The Morgan fingerprint density at radius 1 is 1.13 bits per heavy atom. The number of hydrogen-bond acceptors (Lipinski definition) is 5. The molecule has 2 aromatic carbocycles. The number of nitrogens with one attached hydrogen (secondary N) is 1. The molecule has 0 aromatic heterocycles. The molecule has 1 N–H and O–H groups in total. The lowest BCUT2D eigenvalue weighted by Crippen LogP contribution is -2.35. The van der Waals surface area contributed by atoms with Crippen molar-refractivity contribution in [2.45, 2.75) is 26.9 Å². The highest BCUT2D eigenvalue weighted by molar-refractivity contribution is 8.26. The van der Waals surface area contributed by atoms with Gasteiger partial charge in [0.25, 0.3) is 5.91 Å². The molecule has 0 saturated heterocycles. The van der Waals surface area contributed by atoms with Crippen molar-refractivity contribution in [3.63, 3.8) is 0 Å². The molecule has 1 amide bonds. The molecule has 152 valence electrons. The first-order chi connectivity index (χ1) is 14.5. The van der Waals surface area contributed by atoms with Crippen LogP contribution in [0.2, 0.25) is 0 Å². The van der Waals surface area contributed by atoms with Gasteiger partial charge in [0.15, 0.2) is 5.84 Å². The van der Waals surface area contributed by atoms with Gasteiger partial charge in [0.05, 0.1) is 5.57 Å². The second kappa shape index (κ2) is 8.67. The minimum absolute atomic E-state index is 0.0562. The van der Waals surface area contributed by atoms with Crippen LogP contribution >= 0.6 is 11.8 Å². The topological polar surface area (TPSA) is 78.1 Å². The second-order valence-electron chi connectivity index (χ2n) is 7.46. The van der Waals surface area contributed by atoms with E-state index in [4.69, 9.17) is 10.1 Å². The van der Waals surface area contributed by atoms with Gasteiger partial charge in [-0.25, -0.2) is 0 Å². The van der Waals surface area contributed by atoms with E-state index in [-0.39, 0.29) is 11.4 Å². The fourth-order valence-electron chi connectivity index (χ4n) is 3.03. The van der Waals surface area contributed by atoms with Crippen molar-refractivity contribution in [3.05, 3.63) is 71.3 Å². The summed E-state index contributed by atoms with van der Waals surface area (Å²) in [4.78, 5) is 16.6. The molecule has 2 aliphatic rings. The Kier molecular flexibility index (Phi) is 5.81. The summed E-state index contributed by atoms with van der Waals surface area (Å²) < 4.78 is 5.80. The van der Waals surface area contributed by atoms with E-state index >= 15 is 0 Å². The van der Waals surface area contributed by atoms with Gasteiger partial charge in [0.1, 0.15) is 17.4 Å². The van der Waals surface area contributed by atoms with Gasteiger partial charge in [-0.15, -0.1) is 0 Å². The molecule has 7 heteroatoms. The highest BCUT2D eigenvalue weighted by Gasteiger charge is 2.35. The van der Waals surface area contributed by atoms with Gasteiger partial charge in [-0.2, -0.15) is 15.1 Å². The van der Waals surface area contributed by atoms with Crippen LogP contribution in [0, 0.1) is 11.3 Å². The van der Waals surface area contributed by atoms with Crippen LogP contribution in [0.4, 0.5) is 0 Å². The SMILES string of the molecule is CC(C)CC1=NN2C(=N)/C(=C/c3ccc(OCc4ccccc4)cc3)C(=O)N=C2S1. The van der Waals surface area contributed by atoms with Crippen LogP contribution in [0.5, 0.6) is 5.75 Å². The summed E-state index contributed by atoms with van der Waals surface area (Å²) in [5, 5.41) is 15.7. The molecule has 0 radical (unpaired) electrons. The molecule has 0 aliphatic carbocycles. The fraction of sp³-hybridized carbons (Fsp3) is 0.217. The summed E-state index contributed by atoms with van der Waals surface area (Å²) in [6.07, 6.45) is 2.47. The monoisotopic (exact) mass is 418 g/mol. The maximum atomic E-state index is 12.5. The first-order valence-electron chi connectivity index (χ1n) is 9.75. The molecular formula is C23H22N4O2S. The van der Waals surface area contributed by atoms with Crippen LogP contribution in [-0.2, 0) is 11.4 Å². The normalized spacial score (nSPS) is 17.3. The van der Waals surface area contributed by atoms with Crippen LogP contribution in [0.1, 0.15) is 31.4 Å². The quantitative estimate of drug-likeness (QED) is 0.675. The molecule has 2 heterocycles. The average molecular weight is 419 g/mol. The molecule has 0 atom stereocenters. The van der Waals surface area contributed by atoms with Gasteiger partial charge in [-0.1, -0.05) is 56.3 Å². The molecule has 6 nitrogen and oxygen atoms in total. The van der Waals surface area contributed by atoms with Crippen LogP contribution in [0.15, 0.2) is 70.3 Å². The zero-order chi connectivity index (χ0) is 21.1. The zero-order valence-corrected chi connectivity index (χ0v) is 17.6. The number of hydrogen-bond donors (Lipinski definition) is 1. The van der Waals surface area contributed by atoms with Gasteiger partial charge < -0.3 is 4.74 Å². The third-order valence-electron chi connectivity index (χ3n) is 4.52. The summed E-state index contributed by atoms with van der Waals surface area (Å²) in [5.41, 5.74) is 2.12. The number of amides is 1. The predicted molar refractivity (Wildman–Crippen MR) is 122 cm³/mol. The van der Waals surface area contributed by atoms with E-state index in [0.717, 1.165) is 28.3 Å². The Bertz CT molecular complexity index is 1060. The summed E-state index contributed by atoms with van der Waals surface area (Å²) >= 11 is 1.36. The number of amidine groups is 2. The summed E-state index contributed by atoms with van der Waals surface area (Å²) in [5.74, 6) is 0.829. The van der Waals surface area contributed by atoms with Crippen molar-refractivity contribution in [2.75, 3.05) is 0 Å². The Morgan fingerprint density at radius 3 is 2.57 bits per heavy atom. The Morgan fingerprint density at radius 2 is 1.87 bits per heavy atom. The van der Waals surface area contributed by atoms with Gasteiger partial charge in [0.2, 0.25) is 5.17 Å². The summed E-state index contributed by atoms with van der Waals surface area (Å²) in [6.45, 7) is 4.71. The van der Waals surface area contributed by atoms with Crippen molar-refractivity contribution < 1.29 is 9.53 Å². The number of fused-ring (bicyclic) bond motifs is 1. The standard InChI is InChI=1S/C23H22N4O2S/c1-15(2)12-20-26-27-21(24)19(22(28)25-23(27)30-20)13-16-8-10-18(11-9-16)29-14-17-6-4-3-5-7-17/h3-11,13,15,24H,12,14H2,1-2H3/b19-13-,24-21?. The van der Waals surface area contributed by atoms with Crippen molar-refractivity contribution in [1.29, 1.82) is 5.41 Å². The maximum absolute atomic E-state index is 12.5. The van der Waals surface area contributed by atoms with Crippen LogP contribution in [0.3, 0.4) is 0 Å². The summed E-state index contributed by atoms with van der Waals surface area (Å²) in [6, 6.07) is 17.4. The van der Waals surface area contributed by atoms with Crippen molar-refractivity contribution >= 4 is 39.8 Å². The molecule has 0 spiro atoms. The third-order valence-corrected chi connectivity index (χ3v) is 5.45. The number of aliphatic imine (C=N–C) groups is 1. The first-order valence-corrected chi connectivity index (χ1v) is 10.6. The highest BCUT2D eigenvalue weighted by atomic mass is 32.2. The number of nitrogens with zero attached hydrogens (tertiary/aromatic N) is 3. The molecule has 30 heavy (non-hydrogen) atoms. The van der Waals surface area contributed by atoms with E-state index < -0.39 is 5.91 Å². The Hall–Kier alpha value is -3.19. The molecule has 4 rings (SSSR count). The second-order valence-corrected chi connectivity index (χ2v) is 8.50. The minimum atomic E-state index is -0.413. The van der Waals surface area contributed by atoms with Crippen LogP contribution in [0.25, 0.3) is 6.08 Å².